The van der Waals surface area contributed by atoms with Gasteiger partial charge in [0.1, 0.15) is 0 Å². The highest BCUT2D eigenvalue weighted by molar-refractivity contribution is 5.95. The summed E-state index contributed by atoms with van der Waals surface area (Å²) in [5, 5.41) is 0. The number of rotatable bonds is 5. The maximum atomic E-state index is 11.9. The van der Waals surface area contributed by atoms with Crippen molar-refractivity contribution in [2.75, 3.05) is 0 Å². The third-order valence-electron chi connectivity index (χ3n) is 3.34. The van der Waals surface area contributed by atoms with Crippen LogP contribution in [0.4, 0.5) is 0 Å². The molecule has 0 fully saturated rings. The molecular formula is C17H26N2O2. The normalized spacial score (nSPS) is 11.0. The third kappa shape index (κ3) is 5.98. The van der Waals surface area contributed by atoms with Crippen LogP contribution in [0.25, 0.3) is 0 Å². The molecule has 0 heterocycles. The number of amides is 2. The third-order valence-corrected chi connectivity index (χ3v) is 3.34. The first-order valence-electron chi connectivity index (χ1n) is 7.54. The van der Waals surface area contributed by atoms with Crippen molar-refractivity contribution >= 4 is 11.8 Å². The molecule has 2 amide bonds. The van der Waals surface area contributed by atoms with Crippen molar-refractivity contribution in [3.05, 3.63) is 35.4 Å². The van der Waals surface area contributed by atoms with E-state index in [1.54, 1.807) is 12.1 Å². The van der Waals surface area contributed by atoms with Crippen LogP contribution in [0.2, 0.25) is 0 Å². The smallest absolute Gasteiger partial charge is 0.269 e. The average molecular weight is 290 g/mol. The number of carbonyl (C=O) groups excluding carboxylic acids is 2. The predicted octanol–water partition coefficient (Wildman–Crippen LogP) is 3.33. The molecule has 0 radical (unpaired) electrons. The summed E-state index contributed by atoms with van der Waals surface area (Å²) in [7, 11) is 0. The van der Waals surface area contributed by atoms with Gasteiger partial charge in [-0.1, -0.05) is 52.7 Å². The molecule has 1 aromatic carbocycles. The molecule has 0 aromatic heterocycles. The first kappa shape index (κ1) is 17.2. The van der Waals surface area contributed by atoms with Gasteiger partial charge in [0.25, 0.3) is 5.91 Å². The molecule has 0 unspecified atom stereocenters. The van der Waals surface area contributed by atoms with Crippen LogP contribution in [-0.4, -0.2) is 11.8 Å². The SMILES string of the molecule is CCCCCC(=O)NNC(=O)c1ccc(C(C)(C)C)cc1. The minimum absolute atomic E-state index is 0.0580. The lowest BCUT2D eigenvalue weighted by Gasteiger charge is -2.19. The molecule has 0 bridgehead atoms. The molecule has 0 aliphatic heterocycles. The lowest BCUT2D eigenvalue weighted by Crippen LogP contribution is -2.41. The van der Waals surface area contributed by atoms with Crippen LogP contribution in [0.5, 0.6) is 0 Å². The molecule has 1 aromatic rings. The zero-order valence-corrected chi connectivity index (χ0v) is 13.5. The molecule has 1 rings (SSSR count). The Kier molecular flexibility index (Phi) is 6.40. The summed E-state index contributed by atoms with van der Waals surface area (Å²) in [4.78, 5) is 23.4. The second-order valence-corrected chi connectivity index (χ2v) is 6.29. The second kappa shape index (κ2) is 7.81. The highest BCUT2D eigenvalue weighted by Gasteiger charge is 2.14. The lowest BCUT2D eigenvalue weighted by molar-refractivity contribution is -0.121. The summed E-state index contributed by atoms with van der Waals surface area (Å²) < 4.78 is 0. The maximum absolute atomic E-state index is 11.9. The van der Waals surface area contributed by atoms with E-state index in [1.165, 1.54) is 5.56 Å². The van der Waals surface area contributed by atoms with Crippen LogP contribution in [0, 0.1) is 0 Å². The Morgan fingerprint density at radius 1 is 1.00 bits per heavy atom. The van der Waals surface area contributed by atoms with E-state index in [0.29, 0.717) is 12.0 Å². The minimum atomic E-state index is -0.292. The van der Waals surface area contributed by atoms with Crippen molar-refractivity contribution in [2.24, 2.45) is 0 Å². The van der Waals surface area contributed by atoms with Gasteiger partial charge in [-0.25, -0.2) is 0 Å². The minimum Gasteiger partial charge on any atom is -0.273 e. The Bertz CT molecular complexity index is 473. The number of benzene rings is 1. The Morgan fingerprint density at radius 2 is 1.62 bits per heavy atom. The summed E-state index contributed by atoms with van der Waals surface area (Å²) in [6.45, 7) is 8.46. The van der Waals surface area contributed by atoms with Crippen molar-refractivity contribution in [3.63, 3.8) is 0 Å². The number of hydrazine groups is 1. The van der Waals surface area contributed by atoms with Gasteiger partial charge in [0.15, 0.2) is 0 Å². The van der Waals surface area contributed by atoms with Gasteiger partial charge < -0.3 is 0 Å². The Morgan fingerprint density at radius 3 is 2.14 bits per heavy atom. The van der Waals surface area contributed by atoms with E-state index in [2.05, 4.69) is 38.5 Å². The molecule has 0 aliphatic carbocycles. The van der Waals surface area contributed by atoms with E-state index in [9.17, 15) is 9.59 Å². The van der Waals surface area contributed by atoms with Crippen molar-refractivity contribution < 1.29 is 9.59 Å². The highest BCUT2D eigenvalue weighted by Crippen LogP contribution is 2.22. The van der Waals surface area contributed by atoms with Crippen molar-refractivity contribution in [3.8, 4) is 0 Å². The van der Waals surface area contributed by atoms with E-state index in [0.717, 1.165) is 19.3 Å². The fourth-order valence-corrected chi connectivity index (χ4v) is 1.92. The number of nitrogens with one attached hydrogen (secondary N) is 2. The molecule has 2 N–H and O–H groups in total. The lowest BCUT2D eigenvalue weighted by atomic mass is 9.87. The van der Waals surface area contributed by atoms with Gasteiger partial charge in [-0.2, -0.15) is 0 Å². The van der Waals surface area contributed by atoms with E-state index in [4.69, 9.17) is 0 Å². The summed E-state index contributed by atoms with van der Waals surface area (Å²) >= 11 is 0. The number of unbranched alkanes of at least 4 members (excludes halogenated alkanes) is 2. The topological polar surface area (TPSA) is 58.2 Å². The van der Waals surface area contributed by atoms with Crippen LogP contribution < -0.4 is 10.9 Å². The standard InChI is InChI=1S/C17H26N2O2/c1-5-6-7-8-15(20)18-19-16(21)13-9-11-14(12-10-13)17(2,3)4/h9-12H,5-8H2,1-4H3,(H,18,20)(H,19,21). The molecule has 0 saturated carbocycles. The fourth-order valence-electron chi connectivity index (χ4n) is 1.92. The predicted molar refractivity (Wildman–Crippen MR) is 84.9 cm³/mol. The molecule has 4 heteroatoms. The Labute approximate surface area is 127 Å². The van der Waals surface area contributed by atoms with Crippen molar-refractivity contribution in [1.82, 2.24) is 10.9 Å². The summed E-state index contributed by atoms with van der Waals surface area (Å²) in [5.41, 5.74) is 6.66. The van der Waals surface area contributed by atoms with E-state index < -0.39 is 0 Å². The molecular weight excluding hydrogens is 264 g/mol. The first-order chi connectivity index (χ1) is 9.84. The first-order valence-corrected chi connectivity index (χ1v) is 7.54. The van der Waals surface area contributed by atoms with Crippen LogP contribution >= 0.6 is 0 Å². The average Bonchev–Trinajstić information content (AvgIpc) is 2.44. The van der Waals surface area contributed by atoms with Crippen LogP contribution in [-0.2, 0) is 10.2 Å². The quantitative estimate of drug-likeness (QED) is 0.645. The Balaban J connectivity index is 2.47. The van der Waals surface area contributed by atoms with Gasteiger partial charge in [-0.15, -0.1) is 0 Å². The zero-order chi connectivity index (χ0) is 15.9. The van der Waals surface area contributed by atoms with Crippen molar-refractivity contribution in [1.29, 1.82) is 0 Å². The van der Waals surface area contributed by atoms with Crippen molar-refractivity contribution in [2.45, 2.75) is 58.8 Å². The molecule has 0 spiro atoms. The van der Waals surface area contributed by atoms with Gasteiger partial charge in [-0.3, -0.25) is 20.4 Å². The monoisotopic (exact) mass is 290 g/mol. The van der Waals surface area contributed by atoms with Crippen LogP contribution in [0.1, 0.15) is 69.3 Å². The molecule has 0 aliphatic rings. The summed E-state index contributed by atoms with van der Waals surface area (Å²) in [5.74, 6) is -0.442. The summed E-state index contributed by atoms with van der Waals surface area (Å²) in [6, 6.07) is 7.44. The molecule has 116 valence electrons. The summed E-state index contributed by atoms with van der Waals surface area (Å²) in [6.07, 6.45) is 3.38. The number of hydrogen-bond acceptors (Lipinski definition) is 2. The molecule has 4 nitrogen and oxygen atoms in total. The van der Waals surface area contributed by atoms with Gasteiger partial charge in [-0.05, 0) is 29.5 Å². The largest absolute Gasteiger partial charge is 0.273 e. The van der Waals surface area contributed by atoms with Crippen LogP contribution in [0.3, 0.4) is 0 Å². The molecule has 0 atom stereocenters. The maximum Gasteiger partial charge on any atom is 0.269 e. The fraction of sp³-hybridized carbons (Fsp3) is 0.529. The van der Waals surface area contributed by atoms with Gasteiger partial charge >= 0.3 is 0 Å². The zero-order valence-electron chi connectivity index (χ0n) is 13.5. The number of hydrogen-bond donors (Lipinski definition) is 2. The number of carbonyl (C=O) groups is 2. The van der Waals surface area contributed by atoms with Crippen LogP contribution in [0.15, 0.2) is 24.3 Å². The Hall–Kier alpha value is -1.84. The second-order valence-electron chi connectivity index (χ2n) is 6.29. The highest BCUT2D eigenvalue weighted by atomic mass is 16.2. The molecule has 21 heavy (non-hydrogen) atoms. The van der Waals surface area contributed by atoms with Gasteiger partial charge in [0, 0.05) is 12.0 Å². The van der Waals surface area contributed by atoms with E-state index >= 15 is 0 Å². The van der Waals surface area contributed by atoms with E-state index in [-0.39, 0.29) is 17.2 Å². The molecule has 0 saturated heterocycles. The van der Waals surface area contributed by atoms with Gasteiger partial charge in [0.2, 0.25) is 5.91 Å². The van der Waals surface area contributed by atoms with Gasteiger partial charge in [0.05, 0.1) is 0 Å². The van der Waals surface area contributed by atoms with E-state index in [1.807, 2.05) is 12.1 Å².